The SMILES string of the molecule is CCC(C)C(O)c1cccc(C2CCC2)c1. The van der Waals surface area contributed by atoms with Gasteiger partial charge in [-0.05, 0) is 35.8 Å². The zero-order valence-electron chi connectivity index (χ0n) is 10.3. The fraction of sp³-hybridized carbons (Fsp3) is 0.600. The van der Waals surface area contributed by atoms with Crippen molar-refractivity contribution < 1.29 is 5.11 Å². The van der Waals surface area contributed by atoms with Crippen molar-refractivity contribution in [1.82, 2.24) is 0 Å². The minimum Gasteiger partial charge on any atom is -0.388 e. The van der Waals surface area contributed by atoms with Crippen molar-refractivity contribution in [3.8, 4) is 0 Å². The van der Waals surface area contributed by atoms with Crippen molar-refractivity contribution in [2.45, 2.75) is 51.6 Å². The molecule has 0 aromatic heterocycles. The Labute approximate surface area is 98.5 Å². The van der Waals surface area contributed by atoms with Crippen molar-refractivity contribution in [2.75, 3.05) is 0 Å². The van der Waals surface area contributed by atoms with Crippen molar-refractivity contribution in [1.29, 1.82) is 0 Å². The molecule has 1 N–H and O–H groups in total. The maximum atomic E-state index is 10.2. The quantitative estimate of drug-likeness (QED) is 0.808. The van der Waals surface area contributed by atoms with Gasteiger partial charge in [-0.3, -0.25) is 0 Å². The average molecular weight is 218 g/mol. The van der Waals surface area contributed by atoms with E-state index in [1.807, 2.05) is 0 Å². The second kappa shape index (κ2) is 5.01. The second-order valence-electron chi connectivity index (χ2n) is 5.13. The highest BCUT2D eigenvalue weighted by molar-refractivity contribution is 5.29. The number of hydrogen-bond donors (Lipinski definition) is 1. The van der Waals surface area contributed by atoms with Gasteiger partial charge in [0.15, 0.2) is 0 Å². The fourth-order valence-electron chi connectivity index (χ4n) is 2.29. The van der Waals surface area contributed by atoms with E-state index in [1.54, 1.807) is 0 Å². The van der Waals surface area contributed by atoms with Gasteiger partial charge in [-0.2, -0.15) is 0 Å². The summed E-state index contributed by atoms with van der Waals surface area (Å²) in [6.45, 7) is 4.24. The Morgan fingerprint density at radius 2 is 2.12 bits per heavy atom. The molecule has 1 fully saturated rings. The van der Waals surface area contributed by atoms with E-state index in [9.17, 15) is 5.11 Å². The van der Waals surface area contributed by atoms with Crippen LogP contribution in [-0.2, 0) is 0 Å². The summed E-state index contributed by atoms with van der Waals surface area (Å²) in [6.07, 6.45) is 4.73. The molecule has 1 heteroatoms. The van der Waals surface area contributed by atoms with Crippen molar-refractivity contribution in [2.24, 2.45) is 5.92 Å². The van der Waals surface area contributed by atoms with Gasteiger partial charge in [0.2, 0.25) is 0 Å². The zero-order valence-corrected chi connectivity index (χ0v) is 10.3. The Morgan fingerprint density at radius 3 is 2.69 bits per heavy atom. The van der Waals surface area contributed by atoms with Gasteiger partial charge in [0, 0.05) is 0 Å². The fourth-order valence-corrected chi connectivity index (χ4v) is 2.29. The summed E-state index contributed by atoms with van der Waals surface area (Å²) >= 11 is 0. The highest BCUT2D eigenvalue weighted by Gasteiger charge is 2.21. The first-order valence-electron chi connectivity index (χ1n) is 6.50. The molecule has 0 amide bonds. The molecule has 16 heavy (non-hydrogen) atoms. The third kappa shape index (κ3) is 2.30. The van der Waals surface area contributed by atoms with Crippen LogP contribution < -0.4 is 0 Å². The molecule has 0 saturated heterocycles. The number of aliphatic hydroxyl groups excluding tert-OH is 1. The molecule has 1 aromatic carbocycles. The number of benzene rings is 1. The maximum Gasteiger partial charge on any atom is 0.0815 e. The lowest BCUT2D eigenvalue weighted by molar-refractivity contribution is 0.115. The molecule has 1 nitrogen and oxygen atoms in total. The monoisotopic (exact) mass is 218 g/mol. The first kappa shape index (κ1) is 11.7. The van der Waals surface area contributed by atoms with Crippen LogP contribution in [0.4, 0.5) is 0 Å². The summed E-state index contributed by atoms with van der Waals surface area (Å²) in [4.78, 5) is 0. The van der Waals surface area contributed by atoms with Crippen molar-refractivity contribution in [3.63, 3.8) is 0 Å². The first-order valence-corrected chi connectivity index (χ1v) is 6.50. The lowest BCUT2D eigenvalue weighted by Crippen LogP contribution is -2.11. The second-order valence-corrected chi connectivity index (χ2v) is 5.13. The molecule has 0 heterocycles. The normalized spacial score (nSPS) is 20.2. The van der Waals surface area contributed by atoms with Crippen LogP contribution in [0.25, 0.3) is 0 Å². The standard InChI is InChI=1S/C15H22O/c1-3-11(2)15(16)14-9-5-8-13(10-14)12-6-4-7-12/h5,8-12,15-16H,3-4,6-7H2,1-2H3. The minimum absolute atomic E-state index is 0.301. The molecule has 1 aliphatic carbocycles. The van der Waals surface area contributed by atoms with Gasteiger partial charge in [0.05, 0.1) is 6.10 Å². The summed E-state index contributed by atoms with van der Waals surface area (Å²) in [6, 6.07) is 8.56. The molecule has 1 aromatic rings. The molecule has 0 aliphatic heterocycles. The molecular formula is C15H22O. The lowest BCUT2D eigenvalue weighted by Gasteiger charge is -2.27. The van der Waals surface area contributed by atoms with Crippen molar-refractivity contribution >= 4 is 0 Å². The van der Waals surface area contributed by atoms with E-state index < -0.39 is 0 Å². The molecule has 1 saturated carbocycles. The van der Waals surface area contributed by atoms with E-state index >= 15 is 0 Å². The molecule has 1 aliphatic rings. The van der Waals surface area contributed by atoms with Gasteiger partial charge in [-0.25, -0.2) is 0 Å². The molecule has 88 valence electrons. The van der Waals surface area contributed by atoms with Crippen LogP contribution in [0.1, 0.15) is 62.7 Å². The van der Waals surface area contributed by atoms with Crippen LogP contribution in [0.2, 0.25) is 0 Å². The van der Waals surface area contributed by atoms with Crippen LogP contribution >= 0.6 is 0 Å². The minimum atomic E-state index is -0.301. The summed E-state index contributed by atoms with van der Waals surface area (Å²) in [5.41, 5.74) is 2.52. The third-order valence-electron chi connectivity index (χ3n) is 4.01. The Bertz CT molecular complexity index is 341. The largest absolute Gasteiger partial charge is 0.388 e. The van der Waals surface area contributed by atoms with E-state index in [1.165, 1.54) is 24.8 Å². The Morgan fingerprint density at radius 1 is 1.38 bits per heavy atom. The van der Waals surface area contributed by atoms with E-state index in [0.29, 0.717) is 5.92 Å². The molecular weight excluding hydrogens is 196 g/mol. The van der Waals surface area contributed by atoms with Gasteiger partial charge >= 0.3 is 0 Å². The highest BCUT2D eigenvalue weighted by Crippen LogP contribution is 2.37. The summed E-state index contributed by atoms with van der Waals surface area (Å²) in [5, 5.41) is 10.2. The van der Waals surface area contributed by atoms with Gasteiger partial charge in [0.25, 0.3) is 0 Å². The third-order valence-corrected chi connectivity index (χ3v) is 4.01. The predicted octanol–water partition coefficient (Wildman–Crippen LogP) is 4.03. The smallest absolute Gasteiger partial charge is 0.0815 e. The van der Waals surface area contributed by atoms with E-state index in [-0.39, 0.29) is 6.10 Å². The van der Waals surface area contributed by atoms with Gasteiger partial charge in [-0.15, -0.1) is 0 Å². The zero-order chi connectivity index (χ0) is 11.5. The first-order chi connectivity index (χ1) is 7.72. The van der Waals surface area contributed by atoms with Crippen LogP contribution in [0.5, 0.6) is 0 Å². The Kier molecular flexibility index (Phi) is 3.65. The van der Waals surface area contributed by atoms with Crippen LogP contribution in [0.15, 0.2) is 24.3 Å². The Balaban J connectivity index is 2.14. The molecule has 0 radical (unpaired) electrons. The number of rotatable bonds is 4. The molecule has 0 spiro atoms. The lowest BCUT2D eigenvalue weighted by atomic mass is 9.79. The molecule has 0 bridgehead atoms. The van der Waals surface area contributed by atoms with Crippen molar-refractivity contribution in [3.05, 3.63) is 35.4 Å². The van der Waals surface area contributed by atoms with E-state index in [2.05, 4.69) is 38.1 Å². The van der Waals surface area contributed by atoms with Gasteiger partial charge < -0.3 is 5.11 Å². The average Bonchev–Trinajstić information content (AvgIpc) is 2.25. The van der Waals surface area contributed by atoms with E-state index in [4.69, 9.17) is 0 Å². The van der Waals surface area contributed by atoms with E-state index in [0.717, 1.165) is 17.9 Å². The predicted molar refractivity (Wildman–Crippen MR) is 67.4 cm³/mol. The number of hydrogen-bond acceptors (Lipinski definition) is 1. The highest BCUT2D eigenvalue weighted by atomic mass is 16.3. The summed E-state index contributed by atoms with van der Waals surface area (Å²) in [5.74, 6) is 1.10. The summed E-state index contributed by atoms with van der Waals surface area (Å²) < 4.78 is 0. The number of aliphatic hydroxyl groups is 1. The topological polar surface area (TPSA) is 20.2 Å². The molecule has 2 unspecified atom stereocenters. The van der Waals surface area contributed by atoms with Gasteiger partial charge in [-0.1, -0.05) is 51.0 Å². The van der Waals surface area contributed by atoms with Crippen LogP contribution in [0.3, 0.4) is 0 Å². The summed E-state index contributed by atoms with van der Waals surface area (Å²) in [7, 11) is 0. The molecule has 2 rings (SSSR count). The maximum absolute atomic E-state index is 10.2. The van der Waals surface area contributed by atoms with Gasteiger partial charge in [0.1, 0.15) is 0 Å². The van der Waals surface area contributed by atoms with Crippen LogP contribution in [-0.4, -0.2) is 5.11 Å². The molecule has 2 atom stereocenters. The van der Waals surface area contributed by atoms with Crippen LogP contribution in [0, 0.1) is 5.92 Å². The Hall–Kier alpha value is -0.820.